The number of hydrogen-bond acceptors (Lipinski definition) is 1. The van der Waals surface area contributed by atoms with Crippen LogP contribution in [0.2, 0.25) is 5.02 Å². The molecule has 1 rings (SSSR count). The van der Waals surface area contributed by atoms with Gasteiger partial charge in [-0.3, -0.25) is 0 Å². The summed E-state index contributed by atoms with van der Waals surface area (Å²) in [7, 11) is 0. The number of nitrogens with zero attached hydrogens (tertiary/aromatic N) is 1. The van der Waals surface area contributed by atoms with E-state index in [4.69, 9.17) is 11.6 Å². The minimum atomic E-state index is -0.426. The summed E-state index contributed by atoms with van der Waals surface area (Å²) < 4.78 is 0. The van der Waals surface area contributed by atoms with Crippen LogP contribution in [0.3, 0.4) is 0 Å². The van der Waals surface area contributed by atoms with Crippen LogP contribution in [0.5, 0.6) is 0 Å². The van der Waals surface area contributed by atoms with Crippen LogP contribution in [-0.2, 0) is 5.41 Å². The maximum atomic E-state index is 9.56. The van der Waals surface area contributed by atoms with E-state index in [1.165, 1.54) is 0 Å². The SMILES string of the molecule is CC(C)C(C#N)(c1ccc(Cl)cc1)C(C)C. The highest BCUT2D eigenvalue weighted by Gasteiger charge is 2.39. The van der Waals surface area contributed by atoms with Crippen molar-refractivity contribution in [1.29, 1.82) is 5.26 Å². The first-order valence-corrected chi connectivity index (χ1v) is 6.00. The largest absolute Gasteiger partial charge is 0.197 e. The normalized spacial score (nSPS) is 11.9. The molecule has 0 aliphatic heterocycles. The molecule has 0 radical (unpaired) electrons. The van der Waals surface area contributed by atoms with E-state index in [1.54, 1.807) is 0 Å². The first kappa shape index (κ1) is 13.1. The van der Waals surface area contributed by atoms with Gasteiger partial charge in [0, 0.05) is 5.02 Å². The number of rotatable bonds is 3. The molecular weight excluding hydrogens is 218 g/mol. The highest BCUT2D eigenvalue weighted by molar-refractivity contribution is 6.30. The van der Waals surface area contributed by atoms with Gasteiger partial charge in [0.2, 0.25) is 0 Å². The highest BCUT2D eigenvalue weighted by atomic mass is 35.5. The molecule has 1 nitrogen and oxygen atoms in total. The van der Waals surface area contributed by atoms with E-state index in [2.05, 4.69) is 33.8 Å². The van der Waals surface area contributed by atoms with Crippen LogP contribution in [0.15, 0.2) is 24.3 Å². The summed E-state index contributed by atoms with van der Waals surface area (Å²) in [6.07, 6.45) is 0. The summed E-state index contributed by atoms with van der Waals surface area (Å²) in [6, 6.07) is 10.1. The van der Waals surface area contributed by atoms with Crippen molar-refractivity contribution in [2.45, 2.75) is 33.1 Å². The van der Waals surface area contributed by atoms with Gasteiger partial charge in [-0.15, -0.1) is 0 Å². The van der Waals surface area contributed by atoms with Gasteiger partial charge >= 0.3 is 0 Å². The minimum absolute atomic E-state index is 0.277. The molecular formula is C14H18ClN. The van der Waals surface area contributed by atoms with Crippen LogP contribution in [0.4, 0.5) is 0 Å². The standard InChI is InChI=1S/C14H18ClN/c1-10(2)14(9-16,11(3)4)12-5-7-13(15)8-6-12/h5-8,10-11H,1-4H3. The Bertz CT molecular complexity index is 376. The Labute approximate surface area is 103 Å². The Balaban J connectivity index is 3.32. The smallest absolute Gasteiger partial charge is 0.0867 e. The Morgan fingerprint density at radius 2 is 1.50 bits per heavy atom. The van der Waals surface area contributed by atoms with Gasteiger partial charge in [-0.1, -0.05) is 51.4 Å². The zero-order valence-electron chi connectivity index (χ0n) is 10.3. The summed E-state index contributed by atoms with van der Waals surface area (Å²) in [6.45, 7) is 8.38. The molecule has 0 saturated carbocycles. The van der Waals surface area contributed by atoms with E-state index in [1.807, 2.05) is 24.3 Å². The van der Waals surface area contributed by atoms with Crippen molar-refractivity contribution in [3.63, 3.8) is 0 Å². The zero-order chi connectivity index (χ0) is 12.3. The molecule has 0 aromatic heterocycles. The molecule has 0 saturated heterocycles. The fourth-order valence-electron chi connectivity index (χ4n) is 2.38. The van der Waals surface area contributed by atoms with Crippen molar-refractivity contribution in [3.8, 4) is 6.07 Å². The first-order chi connectivity index (χ1) is 7.45. The molecule has 0 unspecified atom stereocenters. The molecule has 0 aliphatic rings. The van der Waals surface area contributed by atoms with Gasteiger partial charge in [0.15, 0.2) is 0 Å². The van der Waals surface area contributed by atoms with Gasteiger partial charge in [0.25, 0.3) is 0 Å². The van der Waals surface area contributed by atoms with E-state index < -0.39 is 5.41 Å². The van der Waals surface area contributed by atoms with Gasteiger partial charge in [0.05, 0.1) is 11.5 Å². The fourth-order valence-corrected chi connectivity index (χ4v) is 2.51. The van der Waals surface area contributed by atoms with Crippen LogP contribution in [0, 0.1) is 23.2 Å². The number of benzene rings is 1. The Morgan fingerprint density at radius 3 is 1.81 bits per heavy atom. The minimum Gasteiger partial charge on any atom is -0.197 e. The lowest BCUT2D eigenvalue weighted by atomic mass is 9.66. The van der Waals surface area contributed by atoms with E-state index in [0.717, 1.165) is 5.56 Å². The molecule has 2 heteroatoms. The second-order valence-electron chi connectivity index (χ2n) is 4.80. The van der Waals surface area contributed by atoms with Crippen molar-refractivity contribution >= 4 is 11.6 Å². The summed E-state index contributed by atoms with van der Waals surface area (Å²) in [4.78, 5) is 0. The molecule has 0 fully saturated rings. The third kappa shape index (κ3) is 2.08. The van der Waals surface area contributed by atoms with Crippen molar-refractivity contribution in [3.05, 3.63) is 34.9 Å². The van der Waals surface area contributed by atoms with Crippen molar-refractivity contribution in [1.82, 2.24) is 0 Å². The van der Waals surface area contributed by atoms with Crippen LogP contribution >= 0.6 is 11.6 Å². The molecule has 0 N–H and O–H groups in total. The molecule has 0 bridgehead atoms. The van der Waals surface area contributed by atoms with Crippen LogP contribution in [-0.4, -0.2) is 0 Å². The monoisotopic (exact) mass is 235 g/mol. The van der Waals surface area contributed by atoms with Crippen molar-refractivity contribution < 1.29 is 0 Å². The molecule has 0 amide bonds. The van der Waals surface area contributed by atoms with Crippen LogP contribution < -0.4 is 0 Å². The maximum absolute atomic E-state index is 9.56. The van der Waals surface area contributed by atoms with E-state index >= 15 is 0 Å². The van der Waals surface area contributed by atoms with Crippen molar-refractivity contribution in [2.75, 3.05) is 0 Å². The van der Waals surface area contributed by atoms with Gasteiger partial charge in [-0.05, 0) is 29.5 Å². The van der Waals surface area contributed by atoms with Gasteiger partial charge in [0.1, 0.15) is 0 Å². The summed E-state index contributed by atoms with van der Waals surface area (Å²) in [5, 5.41) is 10.3. The number of nitriles is 1. The third-order valence-electron chi connectivity index (χ3n) is 3.33. The Morgan fingerprint density at radius 1 is 1.06 bits per heavy atom. The number of halogens is 1. The van der Waals surface area contributed by atoms with E-state index in [-0.39, 0.29) is 11.8 Å². The Kier molecular flexibility index (Phi) is 3.99. The lowest BCUT2D eigenvalue weighted by Crippen LogP contribution is -2.36. The molecule has 1 aromatic rings. The lowest BCUT2D eigenvalue weighted by molar-refractivity contribution is 0.295. The average molecular weight is 236 g/mol. The van der Waals surface area contributed by atoms with E-state index in [0.29, 0.717) is 5.02 Å². The van der Waals surface area contributed by atoms with Crippen LogP contribution in [0.1, 0.15) is 33.3 Å². The predicted molar refractivity (Wildman–Crippen MR) is 68.4 cm³/mol. The van der Waals surface area contributed by atoms with Crippen LogP contribution in [0.25, 0.3) is 0 Å². The fraction of sp³-hybridized carbons (Fsp3) is 0.500. The summed E-state index contributed by atoms with van der Waals surface area (Å²) in [5.41, 5.74) is 0.634. The van der Waals surface area contributed by atoms with Gasteiger partial charge < -0.3 is 0 Å². The number of hydrogen-bond donors (Lipinski definition) is 0. The average Bonchev–Trinajstić information content (AvgIpc) is 2.21. The first-order valence-electron chi connectivity index (χ1n) is 5.62. The summed E-state index contributed by atoms with van der Waals surface area (Å²) >= 11 is 5.88. The second kappa shape index (κ2) is 4.89. The molecule has 0 aliphatic carbocycles. The quantitative estimate of drug-likeness (QED) is 0.761. The Hall–Kier alpha value is -1.00. The molecule has 1 aromatic carbocycles. The second-order valence-corrected chi connectivity index (χ2v) is 5.23. The lowest BCUT2D eigenvalue weighted by Gasteiger charge is -2.35. The maximum Gasteiger partial charge on any atom is 0.0867 e. The molecule has 0 atom stereocenters. The molecule has 0 heterocycles. The topological polar surface area (TPSA) is 23.8 Å². The molecule has 16 heavy (non-hydrogen) atoms. The summed E-state index contributed by atoms with van der Waals surface area (Å²) in [5.74, 6) is 0.553. The van der Waals surface area contributed by atoms with Gasteiger partial charge in [-0.25, -0.2) is 0 Å². The van der Waals surface area contributed by atoms with Gasteiger partial charge in [-0.2, -0.15) is 5.26 Å². The third-order valence-corrected chi connectivity index (χ3v) is 3.58. The van der Waals surface area contributed by atoms with Crippen molar-refractivity contribution in [2.24, 2.45) is 11.8 Å². The zero-order valence-corrected chi connectivity index (χ0v) is 11.0. The highest BCUT2D eigenvalue weighted by Crippen LogP contribution is 2.39. The predicted octanol–water partition coefficient (Wildman–Crippen LogP) is 4.41. The van der Waals surface area contributed by atoms with E-state index in [9.17, 15) is 5.26 Å². The molecule has 86 valence electrons. The molecule has 0 spiro atoms.